The molecule has 1 saturated heterocycles. The Bertz CT molecular complexity index is 741. The summed E-state index contributed by atoms with van der Waals surface area (Å²) in [7, 11) is 0. The smallest absolute Gasteiger partial charge is 0.330 e. The minimum absolute atomic E-state index is 0.220. The van der Waals surface area contributed by atoms with Crippen LogP contribution in [0.1, 0.15) is 11.8 Å². The summed E-state index contributed by atoms with van der Waals surface area (Å²) in [6, 6.07) is 1.90. The van der Waals surface area contributed by atoms with Crippen LogP contribution in [-0.4, -0.2) is 48.8 Å². The lowest BCUT2D eigenvalue weighted by atomic mass is 10.3. The molecule has 0 aromatic carbocycles. The van der Waals surface area contributed by atoms with Crippen LogP contribution in [0.15, 0.2) is 12.1 Å². The maximum atomic E-state index is 11.4. The van der Waals surface area contributed by atoms with Gasteiger partial charge in [-0.2, -0.15) is 4.98 Å². The molecule has 6 nitrogen and oxygen atoms in total. The van der Waals surface area contributed by atoms with Crippen LogP contribution in [0.5, 0.6) is 0 Å². The summed E-state index contributed by atoms with van der Waals surface area (Å²) in [6.07, 6.45) is 3.14. The minimum Gasteiger partial charge on any atom is -0.463 e. The number of rotatable bonds is 4. The summed E-state index contributed by atoms with van der Waals surface area (Å²) in [5, 5.41) is 0.220. The summed E-state index contributed by atoms with van der Waals surface area (Å²) in [5.74, 6) is 0.464. The fraction of sp³-hybridized carbons (Fsp3) is 0.400. The standard InChI is InChI=1S/C15H16ClN3O3S/c1-2-22-12(20)4-3-10-9-11-13(23-10)14(18-15(16)17-11)19-5-7-21-8-6-19/h3-4,9H,2,5-8H2,1H3. The SMILES string of the molecule is CCOC(=O)C=Cc1cc2nc(Cl)nc(N3CCOCC3)c2s1. The van der Waals surface area contributed by atoms with E-state index in [2.05, 4.69) is 14.9 Å². The highest BCUT2D eigenvalue weighted by atomic mass is 35.5. The first-order valence-electron chi connectivity index (χ1n) is 7.32. The Balaban J connectivity index is 1.93. The van der Waals surface area contributed by atoms with Crippen molar-refractivity contribution in [2.45, 2.75) is 6.92 Å². The largest absolute Gasteiger partial charge is 0.463 e. The lowest BCUT2D eigenvalue weighted by Crippen LogP contribution is -2.36. The first kappa shape index (κ1) is 16.2. The topological polar surface area (TPSA) is 64.5 Å². The van der Waals surface area contributed by atoms with Crippen LogP contribution >= 0.6 is 22.9 Å². The molecule has 0 aliphatic carbocycles. The van der Waals surface area contributed by atoms with Gasteiger partial charge in [0, 0.05) is 24.0 Å². The molecule has 2 aromatic heterocycles. The van der Waals surface area contributed by atoms with E-state index in [-0.39, 0.29) is 11.3 Å². The van der Waals surface area contributed by atoms with Crippen molar-refractivity contribution < 1.29 is 14.3 Å². The van der Waals surface area contributed by atoms with Crippen molar-refractivity contribution in [3.63, 3.8) is 0 Å². The molecule has 122 valence electrons. The van der Waals surface area contributed by atoms with E-state index < -0.39 is 0 Å². The average molecular weight is 354 g/mol. The molecular weight excluding hydrogens is 338 g/mol. The van der Waals surface area contributed by atoms with E-state index in [1.54, 1.807) is 13.0 Å². The van der Waals surface area contributed by atoms with Gasteiger partial charge in [-0.1, -0.05) is 0 Å². The number of nitrogens with zero attached hydrogens (tertiary/aromatic N) is 3. The molecule has 0 radical (unpaired) electrons. The van der Waals surface area contributed by atoms with Crippen molar-refractivity contribution in [2.24, 2.45) is 0 Å². The lowest BCUT2D eigenvalue weighted by molar-refractivity contribution is -0.137. The van der Waals surface area contributed by atoms with Crippen LogP contribution < -0.4 is 4.90 Å². The molecule has 1 aliphatic heterocycles. The van der Waals surface area contributed by atoms with Crippen LogP contribution in [0.25, 0.3) is 16.3 Å². The number of fused-ring (bicyclic) bond motifs is 1. The number of morpholine rings is 1. The van der Waals surface area contributed by atoms with Crippen molar-refractivity contribution >= 4 is 51.0 Å². The van der Waals surface area contributed by atoms with Crippen molar-refractivity contribution in [1.29, 1.82) is 0 Å². The van der Waals surface area contributed by atoms with Gasteiger partial charge in [0.25, 0.3) is 0 Å². The zero-order valence-corrected chi connectivity index (χ0v) is 14.2. The number of halogens is 1. The number of anilines is 1. The van der Waals surface area contributed by atoms with E-state index in [9.17, 15) is 4.79 Å². The molecular formula is C15H16ClN3O3S. The third kappa shape index (κ3) is 3.80. The van der Waals surface area contributed by atoms with Gasteiger partial charge in [0.1, 0.15) is 0 Å². The van der Waals surface area contributed by atoms with Crippen molar-refractivity contribution in [3.8, 4) is 0 Å². The molecule has 0 saturated carbocycles. The second-order valence-corrected chi connectivity index (χ2v) is 6.29. The number of carbonyl (C=O) groups excluding carboxylic acids is 1. The summed E-state index contributed by atoms with van der Waals surface area (Å²) in [5.41, 5.74) is 0.778. The number of hydrogen-bond donors (Lipinski definition) is 0. The Morgan fingerprint density at radius 1 is 1.48 bits per heavy atom. The normalized spacial score (nSPS) is 15.5. The Morgan fingerprint density at radius 3 is 3.00 bits per heavy atom. The van der Waals surface area contributed by atoms with Crippen LogP contribution in [0.3, 0.4) is 0 Å². The predicted molar refractivity (Wildman–Crippen MR) is 91.1 cm³/mol. The van der Waals surface area contributed by atoms with E-state index >= 15 is 0 Å². The predicted octanol–water partition coefficient (Wildman–Crippen LogP) is 2.76. The summed E-state index contributed by atoms with van der Waals surface area (Å²) >= 11 is 7.58. The molecule has 0 bridgehead atoms. The highest BCUT2D eigenvalue weighted by molar-refractivity contribution is 7.20. The monoisotopic (exact) mass is 353 g/mol. The summed E-state index contributed by atoms with van der Waals surface area (Å²) in [4.78, 5) is 23.1. The first-order chi connectivity index (χ1) is 11.2. The number of hydrogen-bond acceptors (Lipinski definition) is 7. The van der Waals surface area contributed by atoms with Crippen molar-refractivity contribution in [2.75, 3.05) is 37.8 Å². The third-order valence-electron chi connectivity index (χ3n) is 3.33. The molecule has 1 aliphatic rings. The van der Waals surface area contributed by atoms with Gasteiger partial charge in [0.2, 0.25) is 5.28 Å². The summed E-state index contributed by atoms with van der Waals surface area (Å²) in [6.45, 7) is 5.02. The van der Waals surface area contributed by atoms with Gasteiger partial charge in [-0.25, -0.2) is 9.78 Å². The van der Waals surface area contributed by atoms with Crippen molar-refractivity contribution in [1.82, 2.24) is 9.97 Å². The number of esters is 1. The van der Waals surface area contributed by atoms with Gasteiger partial charge in [0.05, 0.1) is 30.0 Å². The minimum atomic E-state index is -0.359. The Morgan fingerprint density at radius 2 is 2.26 bits per heavy atom. The number of aromatic nitrogens is 2. The lowest BCUT2D eigenvalue weighted by Gasteiger charge is -2.28. The number of thiophene rings is 1. The molecule has 2 aromatic rings. The third-order valence-corrected chi connectivity index (χ3v) is 4.58. The molecule has 3 heterocycles. The molecule has 0 spiro atoms. The van der Waals surface area contributed by atoms with Gasteiger partial charge in [-0.3, -0.25) is 0 Å². The Kier molecular flexibility index (Phi) is 5.09. The van der Waals surface area contributed by atoms with Crippen LogP contribution in [0, 0.1) is 0 Å². The van der Waals surface area contributed by atoms with E-state index in [1.165, 1.54) is 17.4 Å². The molecule has 0 atom stereocenters. The van der Waals surface area contributed by atoms with Crippen molar-refractivity contribution in [3.05, 3.63) is 22.3 Å². The van der Waals surface area contributed by atoms with Gasteiger partial charge < -0.3 is 14.4 Å². The van der Waals surface area contributed by atoms with Gasteiger partial charge in [-0.15, -0.1) is 11.3 Å². The quantitative estimate of drug-likeness (QED) is 0.478. The first-order valence-corrected chi connectivity index (χ1v) is 8.51. The Hall–Kier alpha value is -1.70. The van der Waals surface area contributed by atoms with Crippen LogP contribution in [0.4, 0.5) is 5.82 Å². The van der Waals surface area contributed by atoms with E-state index in [4.69, 9.17) is 21.1 Å². The van der Waals surface area contributed by atoms with Crippen LogP contribution in [0.2, 0.25) is 5.28 Å². The summed E-state index contributed by atoms with van der Waals surface area (Å²) < 4.78 is 11.2. The van der Waals surface area contributed by atoms with Gasteiger partial charge in [0.15, 0.2) is 5.82 Å². The molecule has 8 heteroatoms. The molecule has 0 amide bonds. The number of carbonyl (C=O) groups is 1. The van der Waals surface area contributed by atoms with E-state index in [0.29, 0.717) is 19.8 Å². The molecule has 3 rings (SSSR count). The zero-order valence-electron chi connectivity index (χ0n) is 12.6. The number of ether oxygens (including phenoxy) is 2. The molecule has 1 fully saturated rings. The van der Waals surface area contributed by atoms with Crippen LogP contribution in [-0.2, 0) is 14.3 Å². The molecule has 0 N–H and O–H groups in total. The van der Waals surface area contributed by atoms with Gasteiger partial charge >= 0.3 is 5.97 Å². The average Bonchev–Trinajstić information content (AvgIpc) is 2.96. The maximum Gasteiger partial charge on any atom is 0.330 e. The second kappa shape index (κ2) is 7.25. The molecule has 0 unspecified atom stereocenters. The fourth-order valence-corrected chi connectivity index (χ4v) is 3.51. The fourth-order valence-electron chi connectivity index (χ4n) is 2.32. The molecule has 23 heavy (non-hydrogen) atoms. The van der Waals surface area contributed by atoms with Gasteiger partial charge in [-0.05, 0) is 30.7 Å². The maximum absolute atomic E-state index is 11.4. The Labute approximate surface area is 142 Å². The zero-order chi connectivity index (χ0) is 16.2. The highest BCUT2D eigenvalue weighted by Gasteiger charge is 2.18. The van der Waals surface area contributed by atoms with E-state index in [0.717, 1.165) is 34.0 Å². The second-order valence-electron chi connectivity index (χ2n) is 4.86. The van der Waals surface area contributed by atoms with E-state index in [1.807, 2.05) is 6.07 Å². The highest BCUT2D eigenvalue weighted by Crippen LogP contribution is 2.33.